The van der Waals surface area contributed by atoms with Crippen molar-refractivity contribution >= 4 is 28.6 Å². The van der Waals surface area contributed by atoms with Gasteiger partial charge in [0.15, 0.2) is 5.65 Å². The molecule has 0 atom stereocenters. The number of aromatic nitrogens is 7. The van der Waals surface area contributed by atoms with Crippen molar-refractivity contribution in [3.8, 4) is 6.01 Å². The number of rotatable bonds is 5. The lowest BCUT2D eigenvalue weighted by Crippen LogP contribution is -2.34. The number of halogens is 1. The number of H-pyrrole nitrogens is 1. The Labute approximate surface area is 160 Å². The number of hydrogen-bond donors (Lipinski definition) is 1. The zero-order valence-electron chi connectivity index (χ0n) is 14.7. The van der Waals surface area contributed by atoms with Crippen LogP contribution >= 0.6 is 11.6 Å². The van der Waals surface area contributed by atoms with Gasteiger partial charge in [-0.2, -0.15) is 20.1 Å². The molecule has 1 aliphatic heterocycles. The smallest absolute Gasteiger partial charge is 0.322 e. The Bertz CT molecular complexity index is 951. The molecule has 0 spiro atoms. The molecular weight excluding hydrogens is 368 g/mol. The molecule has 1 aliphatic carbocycles. The van der Waals surface area contributed by atoms with E-state index in [0.29, 0.717) is 36.0 Å². The van der Waals surface area contributed by atoms with Gasteiger partial charge >= 0.3 is 6.01 Å². The highest BCUT2D eigenvalue weighted by molar-refractivity contribution is 6.28. The van der Waals surface area contributed by atoms with Crippen molar-refractivity contribution < 1.29 is 4.74 Å². The molecule has 140 valence electrons. The topological polar surface area (TPSA) is 106 Å². The lowest BCUT2D eigenvalue weighted by Gasteiger charge is -2.31. The first-order valence-corrected chi connectivity index (χ1v) is 9.57. The van der Waals surface area contributed by atoms with Gasteiger partial charge in [-0.05, 0) is 43.2 Å². The number of nitrogens with zero attached hydrogens (tertiary/aromatic N) is 7. The average molecular weight is 387 g/mol. The maximum Gasteiger partial charge on any atom is 0.322 e. The van der Waals surface area contributed by atoms with Crippen molar-refractivity contribution in [2.24, 2.45) is 5.92 Å². The van der Waals surface area contributed by atoms with Gasteiger partial charge in [0.1, 0.15) is 6.33 Å². The molecule has 3 aromatic rings. The van der Waals surface area contributed by atoms with Crippen LogP contribution in [-0.4, -0.2) is 54.8 Å². The first kappa shape index (κ1) is 16.6. The molecule has 9 nitrogen and oxygen atoms in total. The number of hydrogen-bond acceptors (Lipinski definition) is 8. The predicted octanol–water partition coefficient (Wildman–Crippen LogP) is 2.36. The fraction of sp³-hybridized carbons (Fsp3) is 0.529. The third kappa shape index (κ3) is 3.51. The molecule has 1 saturated carbocycles. The summed E-state index contributed by atoms with van der Waals surface area (Å²) in [6.07, 6.45) is 7.67. The maximum atomic E-state index is 6.08. The summed E-state index contributed by atoms with van der Waals surface area (Å²) < 4.78 is 5.67. The van der Waals surface area contributed by atoms with Crippen LogP contribution in [0.25, 0.3) is 11.0 Å². The van der Waals surface area contributed by atoms with Gasteiger partial charge in [-0.1, -0.05) is 0 Å². The minimum absolute atomic E-state index is 0.171. The van der Waals surface area contributed by atoms with Gasteiger partial charge in [-0.3, -0.25) is 5.10 Å². The summed E-state index contributed by atoms with van der Waals surface area (Å²) in [5, 5.41) is 8.58. The monoisotopic (exact) mass is 386 g/mol. The molecule has 0 amide bonds. The number of fused-ring (bicyclic) bond motifs is 1. The third-order valence-electron chi connectivity index (χ3n) is 5.17. The lowest BCUT2D eigenvalue weighted by molar-refractivity contribution is 0.275. The highest BCUT2D eigenvalue weighted by Crippen LogP contribution is 2.32. The standard InChI is InChI=1S/C17H19ClN8O/c18-15-21-16(23-17(22-15)27-8-10-1-2-10)26-5-3-11(4-6-26)13-12-7-19-9-20-14(12)25-24-13/h7,9-11H,1-6,8H2,(H,19,20,24,25). The summed E-state index contributed by atoms with van der Waals surface area (Å²) >= 11 is 6.08. The van der Waals surface area contributed by atoms with Crippen LogP contribution < -0.4 is 9.64 Å². The van der Waals surface area contributed by atoms with Gasteiger partial charge in [-0.25, -0.2) is 9.97 Å². The van der Waals surface area contributed by atoms with Crippen molar-refractivity contribution in [2.45, 2.75) is 31.6 Å². The lowest BCUT2D eigenvalue weighted by atomic mass is 9.92. The summed E-state index contributed by atoms with van der Waals surface area (Å²) in [6, 6.07) is 0.315. The third-order valence-corrected chi connectivity index (χ3v) is 5.34. The van der Waals surface area contributed by atoms with E-state index >= 15 is 0 Å². The Balaban J connectivity index is 1.28. The normalized spacial score (nSPS) is 18.2. The van der Waals surface area contributed by atoms with Crippen molar-refractivity contribution in [1.82, 2.24) is 35.1 Å². The van der Waals surface area contributed by atoms with E-state index in [4.69, 9.17) is 16.3 Å². The van der Waals surface area contributed by atoms with E-state index in [1.54, 1.807) is 0 Å². The molecule has 0 aromatic carbocycles. The van der Waals surface area contributed by atoms with Crippen LogP contribution in [0, 0.1) is 5.92 Å². The minimum Gasteiger partial charge on any atom is -0.463 e. The number of aromatic amines is 1. The number of anilines is 1. The quantitative estimate of drug-likeness (QED) is 0.712. The zero-order valence-corrected chi connectivity index (χ0v) is 15.4. The molecule has 0 bridgehead atoms. The zero-order chi connectivity index (χ0) is 18.2. The number of ether oxygens (including phenoxy) is 1. The molecule has 0 radical (unpaired) electrons. The molecule has 3 aromatic heterocycles. The molecule has 5 rings (SSSR count). The highest BCUT2D eigenvalue weighted by atomic mass is 35.5. The van der Waals surface area contributed by atoms with Crippen LogP contribution in [0.2, 0.25) is 5.28 Å². The van der Waals surface area contributed by atoms with E-state index < -0.39 is 0 Å². The van der Waals surface area contributed by atoms with Crippen LogP contribution in [0.15, 0.2) is 12.5 Å². The van der Waals surface area contributed by atoms with Crippen LogP contribution in [0.1, 0.15) is 37.3 Å². The molecule has 10 heteroatoms. The van der Waals surface area contributed by atoms with Crippen molar-refractivity contribution in [1.29, 1.82) is 0 Å². The Hall–Kier alpha value is -2.55. The molecule has 1 saturated heterocycles. The fourth-order valence-corrected chi connectivity index (χ4v) is 3.61. The van der Waals surface area contributed by atoms with E-state index in [1.165, 1.54) is 19.2 Å². The summed E-state index contributed by atoms with van der Waals surface area (Å²) in [5.74, 6) is 1.59. The SMILES string of the molecule is Clc1nc(OCC2CC2)nc(N2CCC(c3[nH]nc4ncncc34)CC2)n1. The predicted molar refractivity (Wildman–Crippen MR) is 98.9 cm³/mol. The largest absolute Gasteiger partial charge is 0.463 e. The van der Waals surface area contributed by atoms with E-state index in [0.717, 1.165) is 37.0 Å². The second-order valence-corrected chi connectivity index (χ2v) is 7.44. The Morgan fingerprint density at radius 3 is 2.81 bits per heavy atom. The van der Waals surface area contributed by atoms with Gasteiger partial charge in [-0.15, -0.1) is 0 Å². The molecule has 4 heterocycles. The van der Waals surface area contributed by atoms with Gasteiger partial charge < -0.3 is 9.64 Å². The summed E-state index contributed by atoms with van der Waals surface area (Å²) in [7, 11) is 0. The van der Waals surface area contributed by atoms with Crippen LogP contribution in [0.3, 0.4) is 0 Å². The maximum absolute atomic E-state index is 6.08. The number of piperidine rings is 1. The number of nitrogens with one attached hydrogen (secondary N) is 1. The van der Waals surface area contributed by atoms with Gasteiger partial charge in [0.05, 0.1) is 12.0 Å². The Morgan fingerprint density at radius 1 is 1.15 bits per heavy atom. The molecule has 0 unspecified atom stereocenters. The second kappa shape index (κ2) is 6.88. The second-order valence-electron chi connectivity index (χ2n) is 7.10. The van der Waals surface area contributed by atoms with Gasteiger partial charge in [0, 0.05) is 30.9 Å². The van der Waals surface area contributed by atoms with Crippen molar-refractivity contribution in [2.75, 3.05) is 24.6 Å². The first-order chi connectivity index (χ1) is 13.3. The van der Waals surface area contributed by atoms with Crippen molar-refractivity contribution in [3.63, 3.8) is 0 Å². The summed E-state index contributed by atoms with van der Waals surface area (Å²) in [5.41, 5.74) is 1.82. The van der Waals surface area contributed by atoms with Crippen LogP contribution in [0.4, 0.5) is 5.95 Å². The van der Waals surface area contributed by atoms with Gasteiger partial charge in [0.25, 0.3) is 0 Å². The summed E-state index contributed by atoms with van der Waals surface area (Å²) in [6.45, 7) is 2.29. The average Bonchev–Trinajstić information content (AvgIpc) is 3.43. The molecule has 2 aliphatic rings. The van der Waals surface area contributed by atoms with E-state index in [-0.39, 0.29) is 5.28 Å². The molecule has 1 N–H and O–H groups in total. The molecular formula is C17H19ClN8O. The Morgan fingerprint density at radius 2 is 2.00 bits per heavy atom. The Kier molecular flexibility index (Phi) is 4.23. The van der Waals surface area contributed by atoms with E-state index in [9.17, 15) is 0 Å². The minimum atomic E-state index is 0.171. The molecule has 2 fully saturated rings. The van der Waals surface area contributed by atoms with Crippen LogP contribution in [-0.2, 0) is 0 Å². The molecule has 27 heavy (non-hydrogen) atoms. The highest BCUT2D eigenvalue weighted by Gasteiger charge is 2.27. The van der Waals surface area contributed by atoms with E-state index in [1.807, 2.05) is 6.20 Å². The fourth-order valence-electron chi connectivity index (χ4n) is 3.46. The van der Waals surface area contributed by atoms with Crippen LogP contribution in [0.5, 0.6) is 6.01 Å². The van der Waals surface area contributed by atoms with Gasteiger partial charge in [0.2, 0.25) is 11.2 Å². The first-order valence-electron chi connectivity index (χ1n) is 9.19. The summed E-state index contributed by atoms with van der Waals surface area (Å²) in [4.78, 5) is 23.3. The van der Waals surface area contributed by atoms with Crippen molar-refractivity contribution in [3.05, 3.63) is 23.5 Å². The van der Waals surface area contributed by atoms with E-state index in [2.05, 4.69) is 40.0 Å².